The molecule has 0 heterocycles. The zero-order valence-corrected chi connectivity index (χ0v) is 14.9. The van der Waals surface area contributed by atoms with Crippen molar-refractivity contribution in [3.05, 3.63) is 0 Å². The molecule has 0 aliphatic rings. The number of carboxylic acids is 1. The molecule has 0 aromatic rings. The number of hydrogen-bond donors (Lipinski definition) is 0. The molecule has 0 aromatic carbocycles. The van der Waals surface area contributed by atoms with Crippen molar-refractivity contribution >= 4 is 5.97 Å². The van der Waals surface area contributed by atoms with Gasteiger partial charge in [0, 0.05) is 5.97 Å². The number of unbranched alkanes of at least 4 members (excludes halogenated alkanes) is 10. The Bertz CT molecular complexity index is 166. The van der Waals surface area contributed by atoms with Crippen molar-refractivity contribution in [3.8, 4) is 0 Å². The zero-order valence-electron chi connectivity index (χ0n) is 12.8. The van der Waals surface area contributed by atoms with Gasteiger partial charge in [0.2, 0.25) is 0 Å². The van der Waals surface area contributed by atoms with E-state index in [1.54, 1.807) is 0 Å². The van der Waals surface area contributed by atoms with Gasteiger partial charge in [0.15, 0.2) is 0 Å². The van der Waals surface area contributed by atoms with E-state index in [2.05, 4.69) is 6.92 Å². The van der Waals surface area contributed by atoms with Gasteiger partial charge in [-0.3, -0.25) is 0 Å². The van der Waals surface area contributed by atoms with E-state index in [9.17, 15) is 9.90 Å². The van der Waals surface area contributed by atoms with Crippen molar-refractivity contribution in [3.63, 3.8) is 0 Å². The maximum absolute atomic E-state index is 10.1. The van der Waals surface area contributed by atoms with Crippen LogP contribution in [-0.2, 0) is 4.79 Å². The Kier molecular flexibility index (Phi) is 20.6. The minimum atomic E-state index is -0.907. The molecule has 0 radical (unpaired) electrons. The monoisotopic (exact) mass is 267 g/mol. The van der Waals surface area contributed by atoms with Crippen LogP contribution in [-0.4, -0.2) is 5.97 Å². The smallest absolute Gasteiger partial charge is 0.550 e. The molecule has 0 aromatic heterocycles. The van der Waals surface area contributed by atoms with E-state index in [0.29, 0.717) is 0 Å². The maximum Gasteiger partial charge on any atom is 1.00 e. The molecular weight excluding hydrogens is 239 g/mol. The van der Waals surface area contributed by atoms with E-state index in [1.165, 1.54) is 57.8 Å². The van der Waals surface area contributed by atoms with Crippen molar-refractivity contribution < 1.29 is 62.7 Å². The zero-order chi connectivity index (χ0) is 12.1. The molecule has 0 fully saturated rings. The van der Waals surface area contributed by atoms with Crippen molar-refractivity contribution in [2.75, 3.05) is 0 Å². The van der Waals surface area contributed by atoms with Gasteiger partial charge in [0.1, 0.15) is 0 Å². The second kappa shape index (κ2) is 17.1. The van der Waals surface area contributed by atoms with Gasteiger partial charge in [-0.25, -0.2) is 0 Å². The average Bonchev–Trinajstić information content (AvgIpc) is 2.25. The van der Waals surface area contributed by atoms with E-state index in [4.69, 9.17) is 0 Å². The Balaban J connectivity index is -0.00000112. The third kappa shape index (κ3) is 19.6. The first-order chi connectivity index (χ1) is 7.77. The van der Waals surface area contributed by atoms with E-state index in [1.807, 2.05) is 0 Å². The molecule has 0 aliphatic heterocycles. The number of aliphatic carboxylic acids is 1. The topological polar surface area (TPSA) is 40.1 Å². The second-order valence-corrected chi connectivity index (χ2v) is 4.66. The van der Waals surface area contributed by atoms with Crippen LogP contribution in [0.3, 0.4) is 0 Å². The molecule has 96 valence electrons. The molecule has 0 bridgehead atoms. The summed E-state index contributed by atoms with van der Waals surface area (Å²) in [6.07, 6.45) is 14.0. The standard InChI is InChI=1S/C14H28O2.K/c1-2-3-4-5-6-7-8-9-10-11-12-13-14(15)16;/h2-13H2,1H3,(H,15,16);/q;+1. The Morgan fingerprint density at radius 1 is 0.824 bits per heavy atom. The fraction of sp³-hybridized carbons (Fsp3) is 0.929. The normalized spacial score (nSPS) is 9.94. The summed E-state index contributed by atoms with van der Waals surface area (Å²) in [4.78, 5) is 10.1. The maximum atomic E-state index is 10.1. The van der Waals surface area contributed by atoms with Gasteiger partial charge in [0.25, 0.3) is 0 Å². The van der Waals surface area contributed by atoms with Crippen LogP contribution >= 0.6 is 0 Å². The van der Waals surface area contributed by atoms with Crippen LogP contribution < -0.4 is 56.5 Å². The minimum absolute atomic E-state index is 0. The Labute approximate surface area is 151 Å². The third-order valence-corrected chi connectivity index (χ3v) is 2.98. The molecule has 0 N–H and O–H groups in total. The van der Waals surface area contributed by atoms with Crippen molar-refractivity contribution in [1.82, 2.24) is 0 Å². The van der Waals surface area contributed by atoms with Gasteiger partial charge in [-0.15, -0.1) is 0 Å². The quantitative estimate of drug-likeness (QED) is 0.383. The Morgan fingerprint density at radius 2 is 1.18 bits per heavy atom. The summed E-state index contributed by atoms with van der Waals surface area (Å²) < 4.78 is 0. The van der Waals surface area contributed by atoms with Crippen LogP contribution in [0.1, 0.15) is 85.4 Å². The summed E-state index contributed by atoms with van der Waals surface area (Å²) in [5.41, 5.74) is 0. The molecule has 0 rings (SSSR count). The molecule has 0 saturated heterocycles. The predicted molar refractivity (Wildman–Crippen MR) is 67.2 cm³/mol. The molecule has 0 unspecified atom stereocenters. The SMILES string of the molecule is CCCCCCCCCCCCCC(=O)[O-].[H+].[K+]. The molecule has 0 spiro atoms. The van der Waals surface area contributed by atoms with Crippen molar-refractivity contribution in [1.29, 1.82) is 0 Å². The Hall–Kier alpha value is 1.11. The molecule has 0 aliphatic carbocycles. The first-order valence-corrected chi connectivity index (χ1v) is 6.97. The van der Waals surface area contributed by atoms with Gasteiger partial charge in [-0.2, -0.15) is 0 Å². The van der Waals surface area contributed by atoms with Crippen LogP contribution in [0.15, 0.2) is 0 Å². The van der Waals surface area contributed by atoms with E-state index in [-0.39, 0.29) is 59.2 Å². The van der Waals surface area contributed by atoms with Gasteiger partial charge in [0.05, 0.1) is 0 Å². The molecule has 2 nitrogen and oxygen atoms in total. The van der Waals surface area contributed by atoms with Gasteiger partial charge >= 0.3 is 52.8 Å². The van der Waals surface area contributed by atoms with Crippen LogP contribution in [0.4, 0.5) is 0 Å². The summed E-state index contributed by atoms with van der Waals surface area (Å²) in [6.45, 7) is 2.24. The van der Waals surface area contributed by atoms with Crippen LogP contribution in [0.5, 0.6) is 0 Å². The second-order valence-electron chi connectivity index (χ2n) is 4.66. The van der Waals surface area contributed by atoms with E-state index in [0.717, 1.165) is 12.8 Å². The largest absolute Gasteiger partial charge is 1.00 e. The molecule has 17 heavy (non-hydrogen) atoms. The summed E-state index contributed by atoms with van der Waals surface area (Å²) >= 11 is 0. The summed E-state index contributed by atoms with van der Waals surface area (Å²) in [5.74, 6) is -0.907. The average molecular weight is 267 g/mol. The molecular formula is C14H28KO2+. The fourth-order valence-electron chi connectivity index (χ4n) is 1.93. The van der Waals surface area contributed by atoms with Crippen LogP contribution in [0.2, 0.25) is 0 Å². The number of rotatable bonds is 12. The number of carboxylic acid groups (broad SMARTS) is 1. The molecule has 0 saturated carbocycles. The van der Waals surface area contributed by atoms with Crippen LogP contribution in [0, 0.1) is 0 Å². The number of carbonyl (C=O) groups is 1. The van der Waals surface area contributed by atoms with Gasteiger partial charge < -0.3 is 9.90 Å². The van der Waals surface area contributed by atoms with Crippen molar-refractivity contribution in [2.45, 2.75) is 84.0 Å². The predicted octanol–water partition coefficient (Wildman–Crippen LogP) is 0.554. The molecule has 0 amide bonds. The van der Waals surface area contributed by atoms with Crippen LogP contribution in [0.25, 0.3) is 0 Å². The van der Waals surface area contributed by atoms with E-state index < -0.39 is 5.97 Å². The van der Waals surface area contributed by atoms with E-state index >= 15 is 0 Å². The first-order valence-electron chi connectivity index (χ1n) is 6.97. The molecule has 0 atom stereocenters. The molecule has 3 heteroatoms. The van der Waals surface area contributed by atoms with Gasteiger partial charge in [-0.1, -0.05) is 71.1 Å². The first kappa shape index (κ1) is 20.4. The van der Waals surface area contributed by atoms with Crippen molar-refractivity contribution in [2.24, 2.45) is 0 Å². The minimum Gasteiger partial charge on any atom is -0.550 e. The van der Waals surface area contributed by atoms with Gasteiger partial charge in [-0.05, 0) is 12.8 Å². The third-order valence-electron chi connectivity index (χ3n) is 2.98. The Morgan fingerprint density at radius 3 is 1.53 bits per heavy atom. The summed E-state index contributed by atoms with van der Waals surface area (Å²) in [6, 6.07) is 0. The summed E-state index contributed by atoms with van der Waals surface area (Å²) in [7, 11) is 0. The fourth-order valence-corrected chi connectivity index (χ4v) is 1.93. The summed E-state index contributed by atoms with van der Waals surface area (Å²) in [5, 5.41) is 10.1. The number of hydrogen-bond acceptors (Lipinski definition) is 2. The number of carbonyl (C=O) groups excluding carboxylic acids is 1.